The summed E-state index contributed by atoms with van der Waals surface area (Å²) < 4.78 is 0. The summed E-state index contributed by atoms with van der Waals surface area (Å²) in [5, 5.41) is 20.6. The van der Waals surface area contributed by atoms with Crippen LogP contribution in [0, 0.1) is 0 Å². The highest BCUT2D eigenvalue weighted by molar-refractivity contribution is 5.71. The summed E-state index contributed by atoms with van der Waals surface area (Å²) in [4.78, 5) is 4.86. The number of hydrogen-bond acceptors (Lipinski definition) is 4. The Balaban J connectivity index is 1.45. The number of likely N-dealkylation sites (tertiary alicyclic amines) is 2. The van der Waals surface area contributed by atoms with Crippen LogP contribution in [0.15, 0.2) is 36.4 Å². The van der Waals surface area contributed by atoms with Crippen LogP contribution in [0.1, 0.15) is 60.8 Å². The smallest absolute Gasteiger partial charge is 0.120 e. The molecule has 4 rings (SSSR count). The van der Waals surface area contributed by atoms with E-state index >= 15 is 0 Å². The van der Waals surface area contributed by atoms with Gasteiger partial charge in [-0.1, -0.05) is 37.1 Å². The number of phenols is 2. The highest BCUT2D eigenvalue weighted by Crippen LogP contribution is 2.25. The lowest BCUT2D eigenvalue weighted by molar-refractivity contribution is 0.218. The van der Waals surface area contributed by atoms with E-state index in [1.54, 1.807) is 12.1 Å². The molecule has 2 heterocycles. The average Bonchev–Trinajstić information content (AvgIpc) is 2.78. The number of phenolic OH excluding ortho intramolecular Hbond substituents is 2. The number of benzene rings is 2. The molecule has 4 heteroatoms. The number of nitrogens with zero attached hydrogens (tertiary/aromatic N) is 2. The molecule has 2 aliphatic heterocycles. The summed E-state index contributed by atoms with van der Waals surface area (Å²) in [5.41, 5.74) is 4.17. The van der Waals surface area contributed by atoms with Crippen molar-refractivity contribution in [3.05, 3.63) is 58.7 Å². The van der Waals surface area contributed by atoms with Crippen LogP contribution in [0.5, 0.6) is 11.5 Å². The zero-order valence-electron chi connectivity index (χ0n) is 17.9. The predicted molar refractivity (Wildman–Crippen MR) is 123 cm³/mol. The first-order valence-electron chi connectivity index (χ1n) is 11.4. The largest absolute Gasteiger partial charge is 0.508 e. The number of aromatic hydroxyl groups is 2. The molecule has 4 nitrogen and oxygen atoms in total. The van der Waals surface area contributed by atoms with Gasteiger partial charge in [0.05, 0.1) is 0 Å². The minimum absolute atomic E-state index is 0.381. The zero-order valence-corrected chi connectivity index (χ0v) is 17.9. The van der Waals surface area contributed by atoms with Crippen LogP contribution in [0.2, 0.25) is 0 Å². The molecule has 2 aliphatic rings. The second kappa shape index (κ2) is 10.1. The molecule has 160 valence electrons. The van der Waals surface area contributed by atoms with Gasteiger partial charge >= 0.3 is 0 Å². The first-order chi connectivity index (χ1) is 14.7. The normalized spacial score (nSPS) is 18.8. The highest BCUT2D eigenvalue weighted by Gasteiger charge is 2.14. The molecule has 2 N–H and O–H groups in total. The van der Waals surface area contributed by atoms with Gasteiger partial charge in [-0.2, -0.15) is 0 Å². The summed E-state index contributed by atoms with van der Waals surface area (Å²) in [5.74, 6) is 0.761. The molecule has 0 saturated carbocycles. The SMILES string of the molecule is Oc1ccc(/C=C\c2ccc(O)c(CN3CCCCC3)c2)cc1CN1CCCCC1. The van der Waals surface area contributed by atoms with Crippen molar-refractivity contribution in [2.24, 2.45) is 0 Å². The van der Waals surface area contributed by atoms with Gasteiger partial charge in [0.15, 0.2) is 0 Å². The van der Waals surface area contributed by atoms with E-state index in [9.17, 15) is 10.2 Å². The average molecular weight is 407 g/mol. The standard InChI is InChI=1S/C26H34N2O2/c29-25-11-9-21(17-23(25)19-27-13-3-1-4-14-27)7-8-22-10-12-26(30)24(18-22)20-28-15-5-2-6-16-28/h7-12,17-18,29-30H,1-6,13-16,19-20H2/b8-7-. The molecule has 0 unspecified atom stereocenters. The summed E-state index contributed by atoms with van der Waals surface area (Å²) in [6, 6.07) is 11.7. The van der Waals surface area contributed by atoms with E-state index in [-0.39, 0.29) is 0 Å². The van der Waals surface area contributed by atoms with Gasteiger partial charge in [-0.25, -0.2) is 0 Å². The van der Waals surface area contributed by atoms with Crippen molar-refractivity contribution in [2.45, 2.75) is 51.6 Å². The van der Waals surface area contributed by atoms with Gasteiger partial charge in [0.1, 0.15) is 11.5 Å². The third-order valence-corrected chi connectivity index (χ3v) is 6.36. The Kier molecular flexibility index (Phi) is 7.08. The fourth-order valence-electron chi connectivity index (χ4n) is 4.58. The quantitative estimate of drug-likeness (QED) is 0.644. The maximum Gasteiger partial charge on any atom is 0.120 e. The van der Waals surface area contributed by atoms with Crippen LogP contribution in [0.3, 0.4) is 0 Å². The molecule has 0 bridgehead atoms. The van der Waals surface area contributed by atoms with Crippen molar-refractivity contribution in [2.75, 3.05) is 26.2 Å². The van der Waals surface area contributed by atoms with E-state index in [0.717, 1.165) is 61.5 Å². The van der Waals surface area contributed by atoms with Gasteiger partial charge in [-0.15, -0.1) is 0 Å². The summed E-state index contributed by atoms with van der Waals surface area (Å²) in [6.07, 6.45) is 11.8. The minimum atomic E-state index is 0.381. The fraction of sp³-hybridized carbons (Fsp3) is 0.462. The molecule has 0 aromatic heterocycles. The van der Waals surface area contributed by atoms with Crippen LogP contribution in [-0.4, -0.2) is 46.2 Å². The maximum absolute atomic E-state index is 10.3. The monoisotopic (exact) mass is 406 g/mol. The molecule has 0 aliphatic carbocycles. The van der Waals surface area contributed by atoms with Crippen LogP contribution < -0.4 is 0 Å². The summed E-state index contributed by atoms with van der Waals surface area (Å²) in [6.45, 7) is 6.10. The van der Waals surface area contributed by atoms with Crippen molar-refractivity contribution in [1.29, 1.82) is 0 Å². The Bertz CT molecular complexity index is 794. The topological polar surface area (TPSA) is 46.9 Å². The molecular weight excluding hydrogens is 372 g/mol. The van der Waals surface area contributed by atoms with Gasteiger partial charge in [0, 0.05) is 24.2 Å². The minimum Gasteiger partial charge on any atom is -0.508 e. The first kappa shape index (κ1) is 21.0. The van der Waals surface area contributed by atoms with Gasteiger partial charge in [0.2, 0.25) is 0 Å². The Morgan fingerprint density at radius 3 is 1.40 bits per heavy atom. The van der Waals surface area contributed by atoms with Crippen LogP contribution >= 0.6 is 0 Å². The van der Waals surface area contributed by atoms with Gasteiger partial charge in [-0.05, 0) is 87.3 Å². The first-order valence-corrected chi connectivity index (χ1v) is 11.4. The number of rotatable bonds is 6. The number of hydrogen-bond donors (Lipinski definition) is 2. The van der Waals surface area contributed by atoms with E-state index in [0.29, 0.717) is 11.5 Å². The third-order valence-electron chi connectivity index (χ3n) is 6.36. The predicted octanol–water partition coefficient (Wildman–Crippen LogP) is 5.24. The Labute approximate surface area is 180 Å². The fourth-order valence-corrected chi connectivity index (χ4v) is 4.58. The maximum atomic E-state index is 10.3. The lowest BCUT2D eigenvalue weighted by Crippen LogP contribution is -2.29. The van der Waals surface area contributed by atoms with Gasteiger partial charge in [-0.3, -0.25) is 9.80 Å². The molecule has 0 radical (unpaired) electrons. The van der Waals surface area contributed by atoms with E-state index < -0.39 is 0 Å². The van der Waals surface area contributed by atoms with Crippen molar-refractivity contribution >= 4 is 12.2 Å². The zero-order chi connectivity index (χ0) is 20.8. The van der Waals surface area contributed by atoms with Crippen LogP contribution in [0.25, 0.3) is 12.2 Å². The van der Waals surface area contributed by atoms with E-state index in [1.165, 1.54) is 38.5 Å². The molecule has 2 fully saturated rings. The molecular formula is C26H34N2O2. The van der Waals surface area contributed by atoms with Gasteiger partial charge < -0.3 is 10.2 Å². The third kappa shape index (κ3) is 5.65. The molecule has 0 spiro atoms. The highest BCUT2D eigenvalue weighted by atomic mass is 16.3. The second-order valence-electron chi connectivity index (χ2n) is 8.78. The van der Waals surface area contributed by atoms with Crippen molar-refractivity contribution < 1.29 is 10.2 Å². The number of piperidine rings is 2. The molecule has 30 heavy (non-hydrogen) atoms. The van der Waals surface area contributed by atoms with Gasteiger partial charge in [0.25, 0.3) is 0 Å². The van der Waals surface area contributed by atoms with E-state index in [4.69, 9.17) is 0 Å². The lowest BCUT2D eigenvalue weighted by atomic mass is 10.0. The van der Waals surface area contributed by atoms with Crippen LogP contribution in [0.4, 0.5) is 0 Å². The Hall–Kier alpha value is -2.30. The Morgan fingerprint density at radius 1 is 0.600 bits per heavy atom. The van der Waals surface area contributed by atoms with Crippen molar-refractivity contribution in [3.63, 3.8) is 0 Å². The van der Waals surface area contributed by atoms with Crippen molar-refractivity contribution in [3.8, 4) is 11.5 Å². The molecule has 0 atom stereocenters. The molecule has 2 saturated heterocycles. The molecule has 0 amide bonds. The lowest BCUT2D eigenvalue weighted by Gasteiger charge is -2.26. The summed E-state index contributed by atoms with van der Waals surface area (Å²) >= 11 is 0. The van der Waals surface area contributed by atoms with Crippen molar-refractivity contribution in [1.82, 2.24) is 9.80 Å². The molecule has 2 aromatic carbocycles. The second-order valence-corrected chi connectivity index (χ2v) is 8.78. The molecule has 2 aromatic rings. The summed E-state index contributed by atoms with van der Waals surface area (Å²) in [7, 11) is 0. The van der Waals surface area contributed by atoms with Crippen LogP contribution in [-0.2, 0) is 13.1 Å². The van der Waals surface area contributed by atoms with E-state index in [1.807, 2.05) is 12.1 Å². The van der Waals surface area contributed by atoms with E-state index in [2.05, 4.69) is 34.1 Å². The Morgan fingerprint density at radius 2 is 1.00 bits per heavy atom.